The molecule has 4 N–H and O–H groups in total. The van der Waals surface area contributed by atoms with E-state index in [0.29, 0.717) is 12.8 Å². The molecule has 2 aromatic rings. The zero-order valence-electron chi connectivity index (χ0n) is 26.6. The minimum Gasteiger partial charge on any atom is -0.402 e. The van der Waals surface area contributed by atoms with Crippen molar-refractivity contribution in [3.05, 3.63) is 54.5 Å². The predicted molar refractivity (Wildman–Crippen MR) is 167 cm³/mol. The fourth-order valence-corrected chi connectivity index (χ4v) is 4.78. The molecule has 0 saturated carbocycles. The number of aromatic nitrogens is 2. The molecule has 0 aliphatic carbocycles. The van der Waals surface area contributed by atoms with Gasteiger partial charge < -0.3 is 30.6 Å². The SMILES string of the molecule is CC(C)C[C@H](NC(=O)N[C@@H](Cc1ccccc1)C(=O)N[C@@H](CC(C)C)C(=O)Nc1cnccn1)B1OC(C)(C)C(C)(C)O1. The van der Waals surface area contributed by atoms with Crippen molar-refractivity contribution in [2.24, 2.45) is 11.8 Å². The second-order valence-electron chi connectivity index (χ2n) is 13.0. The molecule has 4 amide bonds. The average molecular weight is 595 g/mol. The lowest BCUT2D eigenvalue weighted by Gasteiger charge is -2.32. The quantitative estimate of drug-likeness (QED) is 0.258. The number of nitrogens with zero attached hydrogens (tertiary/aromatic N) is 2. The van der Waals surface area contributed by atoms with Crippen LogP contribution in [0.2, 0.25) is 0 Å². The molecule has 234 valence electrons. The molecule has 11 nitrogen and oxygen atoms in total. The van der Waals surface area contributed by atoms with Crippen molar-refractivity contribution in [2.75, 3.05) is 5.32 Å². The van der Waals surface area contributed by atoms with Crippen LogP contribution in [0.5, 0.6) is 0 Å². The summed E-state index contributed by atoms with van der Waals surface area (Å²) < 4.78 is 12.5. The summed E-state index contributed by atoms with van der Waals surface area (Å²) in [5.74, 6) is -0.699. The zero-order chi connectivity index (χ0) is 31.8. The van der Waals surface area contributed by atoms with E-state index in [2.05, 4.69) is 45.1 Å². The van der Waals surface area contributed by atoms with Crippen molar-refractivity contribution >= 4 is 30.8 Å². The Hall–Kier alpha value is -3.51. The Morgan fingerprint density at radius 1 is 0.814 bits per heavy atom. The maximum atomic E-state index is 13.7. The van der Waals surface area contributed by atoms with Crippen LogP contribution in [-0.2, 0) is 25.3 Å². The number of carbonyl (C=O) groups excluding carboxylic acids is 3. The molecule has 3 rings (SSSR count). The van der Waals surface area contributed by atoms with Crippen LogP contribution in [-0.4, -0.2) is 64.2 Å². The Kier molecular flexibility index (Phi) is 11.7. The first kappa shape index (κ1) is 34.0. The van der Waals surface area contributed by atoms with E-state index in [1.807, 2.05) is 71.9 Å². The monoisotopic (exact) mass is 594 g/mol. The van der Waals surface area contributed by atoms with E-state index in [-0.39, 0.29) is 24.1 Å². The Balaban J connectivity index is 1.78. The minimum atomic E-state index is -0.959. The summed E-state index contributed by atoms with van der Waals surface area (Å²) in [4.78, 5) is 48.4. The Morgan fingerprint density at radius 3 is 2.00 bits per heavy atom. The van der Waals surface area contributed by atoms with E-state index in [0.717, 1.165) is 5.56 Å². The number of rotatable bonds is 13. The smallest absolute Gasteiger partial charge is 0.402 e. The highest BCUT2D eigenvalue weighted by atomic mass is 16.7. The first-order valence-electron chi connectivity index (χ1n) is 15.0. The molecule has 1 aromatic heterocycles. The number of hydrogen-bond donors (Lipinski definition) is 4. The molecule has 3 atom stereocenters. The number of amides is 4. The lowest BCUT2D eigenvalue weighted by molar-refractivity contribution is -0.128. The molecule has 1 aliphatic heterocycles. The van der Waals surface area contributed by atoms with E-state index < -0.39 is 54.2 Å². The summed E-state index contributed by atoms with van der Waals surface area (Å²) in [6.45, 7) is 15.9. The third-order valence-electron chi connectivity index (χ3n) is 7.70. The number of benzene rings is 1. The van der Waals surface area contributed by atoms with Crippen LogP contribution in [0.15, 0.2) is 48.9 Å². The molecule has 2 heterocycles. The van der Waals surface area contributed by atoms with Gasteiger partial charge in [0, 0.05) is 18.8 Å². The van der Waals surface area contributed by atoms with Gasteiger partial charge in [0.05, 0.1) is 23.3 Å². The Labute approximate surface area is 255 Å². The minimum absolute atomic E-state index is 0.110. The van der Waals surface area contributed by atoms with Crippen molar-refractivity contribution in [3.63, 3.8) is 0 Å². The van der Waals surface area contributed by atoms with Crippen LogP contribution < -0.4 is 21.3 Å². The van der Waals surface area contributed by atoms with Crippen LogP contribution >= 0.6 is 0 Å². The standard InChI is InChI=1S/C31H47BN6O5/c1-20(2)16-23(28(40)38-26-19-33-14-15-34-26)35-27(39)24(18-22-12-10-9-11-13-22)36-29(41)37-25(17-21(3)4)32-42-30(5,6)31(7,8)43-32/h9-15,19-21,23-25H,16-18H2,1-8H3,(H,35,39)(H,34,38,40)(H2,36,37,41)/t23-,24-,25-/m0/s1. The average Bonchev–Trinajstić information content (AvgIpc) is 3.14. The summed E-state index contributed by atoms with van der Waals surface area (Å²) in [6.07, 6.45) is 5.64. The number of hydrogen-bond acceptors (Lipinski definition) is 7. The van der Waals surface area contributed by atoms with Crippen molar-refractivity contribution < 1.29 is 23.7 Å². The summed E-state index contributed by atoms with van der Waals surface area (Å²) >= 11 is 0. The Morgan fingerprint density at radius 2 is 1.44 bits per heavy atom. The lowest BCUT2D eigenvalue weighted by atomic mass is 9.74. The van der Waals surface area contributed by atoms with Gasteiger partial charge in [-0.3, -0.25) is 14.6 Å². The molecular weight excluding hydrogens is 547 g/mol. The van der Waals surface area contributed by atoms with E-state index in [1.54, 1.807) is 0 Å². The first-order valence-corrected chi connectivity index (χ1v) is 15.0. The van der Waals surface area contributed by atoms with Gasteiger partial charge in [0.1, 0.15) is 12.1 Å². The fraction of sp³-hybridized carbons (Fsp3) is 0.581. The zero-order valence-corrected chi connectivity index (χ0v) is 26.6. The number of carbonyl (C=O) groups is 3. The highest BCUT2D eigenvalue weighted by molar-refractivity contribution is 6.48. The maximum Gasteiger partial charge on any atom is 0.481 e. The lowest BCUT2D eigenvalue weighted by Crippen LogP contribution is -2.58. The molecular formula is C31H47BN6O5. The number of urea groups is 1. The van der Waals surface area contributed by atoms with Gasteiger partial charge in [-0.15, -0.1) is 0 Å². The maximum absolute atomic E-state index is 13.7. The molecule has 1 fully saturated rings. The van der Waals surface area contributed by atoms with Gasteiger partial charge in [-0.25, -0.2) is 9.78 Å². The van der Waals surface area contributed by atoms with Gasteiger partial charge in [-0.2, -0.15) is 0 Å². The van der Waals surface area contributed by atoms with Crippen molar-refractivity contribution in [2.45, 2.75) is 104 Å². The van der Waals surface area contributed by atoms with E-state index in [1.165, 1.54) is 18.6 Å². The summed E-state index contributed by atoms with van der Waals surface area (Å²) in [6, 6.07) is 7.07. The van der Waals surface area contributed by atoms with Gasteiger partial charge in [0.25, 0.3) is 0 Å². The van der Waals surface area contributed by atoms with Gasteiger partial charge in [0.15, 0.2) is 5.82 Å². The molecule has 0 spiro atoms. The van der Waals surface area contributed by atoms with E-state index >= 15 is 0 Å². The fourth-order valence-electron chi connectivity index (χ4n) is 4.78. The predicted octanol–water partition coefficient (Wildman–Crippen LogP) is 3.90. The summed E-state index contributed by atoms with van der Waals surface area (Å²) in [7, 11) is -0.653. The van der Waals surface area contributed by atoms with Crippen molar-refractivity contribution in [1.82, 2.24) is 25.9 Å². The van der Waals surface area contributed by atoms with Gasteiger partial charge in [-0.05, 0) is 57.9 Å². The molecule has 12 heteroatoms. The van der Waals surface area contributed by atoms with Gasteiger partial charge in [-0.1, -0.05) is 58.0 Å². The molecule has 1 saturated heterocycles. The van der Waals surface area contributed by atoms with E-state index in [9.17, 15) is 14.4 Å². The van der Waals surface area contributed by atoms with E-state index in [4.69, 9.17) is 9.31 Å². The second kappa shape index (κ2) is 14.8. The molecule has 0 unspecified atom stereocenters. The highest BCUT2D eigenvalue weighted by Gasteiger charge is 2.54. The van der Waals surface area contributed by atoms with Crippen LogP contribution in [0.25, 0.3) is 0 Å². The Bertz CT molecular complexity index is 1200. The van der Waals surface area contributed by atoms with Crippen LogP contribution in [0.1, 0.15) is 73.8 Å². The van der Waals surface area contributed by atoms with Crippen molar-refractivity contribution in [1.29, 1.82) is 0 Å². The van der Waals surface area contributed by atoms with Crippen molar-refractivity contribution in [3.8, 4) is 0 Å². The molecule has 43 heavy (non-hydrogen) atoms. The normalized spacial score (nSPS) is 17.7. The third kappa shape index (κ3) is 10.0. The molecule has 1 aromatic carbocycles. The third-order valence-corrected chi connectivity index (χ3v) is 7.70. The summed E-state index contributed by atoms with van der Waals surface area (Å²) in [5.41, 5.74) is -0.256. The van der Waals surface area contributed by atoms with Crippen LogP contribution in [0.3, 0.4) is 0 Å². The molecule has 0 radical (unpaired) electrons. The molecule has 0 bridgehead atoms. The van der Waals surface area contributed by atoms with Crippen LogP contribution in [0.4, 0.5) is 10.6 Å². The van der Waals surface area contributed by atoms with Gasteiger partial charge in [0.2, 0.25) is 11.8 Å². The molecule has 1 aliphatic rings. The van der Waals surface area contributed by atoms with Gasteiger partial charge >= 0.3 is 13.1 Å². The highest BCUT2D eigenvalue weighted by Crippen LogP contribution is 2.38. The topological polar surface area (TPSA) is 144 Å². The number of anilines is 1. The largest absolute Gasteiger partial charge is 0.481 e. The first-order chi connectivity index (χ1) is 20.2. The second-order valence-corrected chi connectivity index (χ2v) is 13.0. The van der Waals surface area contributed by atoms with Crippen LogP contribution in [0, 0.1) is 11.8 Å². The summed E-state index contributed by atoms with van der Waals surface area (Å²) in [5, 5.41) is 11.4. The number of nitrogens with one attached hydrogen (secondary N) is 4.